The first-order valence-electron chi connectivity index (χ1n) is 7.17. The molecule has 0 saturated heterocycles. The molecule has 21 heavy (non-hydrogen) atoms. The molecule has 0 bridgehead atoms. The summed E-state index contributed by atoms with van der Waals surface area (Å²) in [4.78, 5) is 12.3. The van der Waals surface area contributed by atoms with Crippen molar-refractivity contribution in [1.82, 2.24) is 5.32 Å². The molecule has 5 nitrogen and oxygen atoms in total. The Balaban J connectivity index is 2.89. The Kier molecular flexibility index (Phi) is 6.84. The summed E-state index contributed by atoms with van der Waals surface area (Å²) in [6.45, 7) is 4.05. The van der Waals surface area contributed by atoms with E-state index < -0.39 is 9.84 Å². The zero-order valence-electron chi connectivity index (χ0n) is 12.5. The fourth-order valence-electron chi connectivity index (χ4n) is 2.05. The summed E-state index contributed by atoms with van der Waals surface area (Å²) >= 11 is 0. The largest absolute Gasteiger partial charge is 0.396 e. The Labute approximate surface area is 126 Å². The predicted octanol–water partition coefficient (Wildman–Crippen LogP) is 1.62. The zero-order valence-corrected chi connectivity index (χ0v) is 13.3. The third kappa shape index (κ3) is 4.82. The molecule has 0 aliphatic carbocycles. The van der Waals surface area contributed by atoms with Crippen molar-refractivity contribution in [3.8, 4) is 0 Å². The fraction of sp³-hybridized carbons (Fsp3) is 0.533. The van der Waals surface area contributed by atoms with Gasteiger partial charge in [-0.1, -0.05) is 32.4 Å². The molecule has 2 N–H and O–H groups in total. The topological polar surface area (TPSA) is 83.5 Å². The van der Waals surface area contributed by atoms with Crippen LogP contribution in [0.3, 0.4) is 0 Å². The van der Waals surface area contributed by atoms with Crippen LogP contribution in [-0.4, -0.2) is 38.3 Å². The van der Waals surface area contributed by atoms with Gasteiger partial charge >= 0.3 is 0 Å². The van der Waals surface area contributed by atoms with Gasteiger partial charge in [-0.05, 0) is 24.5 Å². The number of aliphatic hydroxyl groups is 1. The Morgan fingerprint density at radius 1 is 1.29 bits per heavy atom. The van der Waals surface area contributed by atoms with Crippen LogP contribution in [0.2, 0.25) is 0 Å². The number of benzene rings is 1. The van der Waals surface area contributed by atoms with Gasteiger partial charge in [0, 0.05) is 13.2 Å². The van der Waals surface area contributed by atoms with Crippen molar-refractivity contribution >= 4 is 15.7 Å². The van der Waals surface area contributed by atoms with Crippen LogP contribution in [0.25, 0.3) is 0 Å². The molecule has 1 atom stereocenters. The first-order chi connectivity index (χ1) is 9.96. The number of amides is 1. The van der Waals surface area contributed by atoms with E-state index in [9.17, 15) is 13.2 Å². The van der Waals surface area contributed by atoms with E-state index in [1.165, 1.54) is 12.1 Å². The van der Waals surface area contributed by atoms with Crippen molar-refractivity contribution in [2.45, 2.75) is 31.6 Å². The molecule has 0 saturated carbocycles. The smallest absolute Gasteiger partial charge is 0.252 e. The van der Waals surface area contributed by atoms with Crippen molar-refractivity contribution in [1.29, 1.82) is 0 Å². The molecule has 118 valence electrons. The van der Waals surface area contributed by atoms with Gasteiger partial charge < -0.3 is 10.4 Å². The lowest BCUT2D eigenvalue weighted by molar-refractivity contribution is 0.0940. The molecule has 0 aromatic heterocycles. The number of nitrogens with one attached hydrogen (secondary N) is 1. The van der Waals surface area contributed by atoms with Crippen LogP contribution in [0.5, 0.6) is 0 Å². The third-order valence-electron chi connectivity index (χ3n) is 3.51. The summed E-state index contributed by atoms with van der Waals surface area (Å²) < 4.78 is 24.0. The maximum atomic E-state index is 12.2. The number of carbonyl (C=O) groups is 1. The predicted molar refractivity (Wildman–Crippen MR) is 82.0 cm³/mol. The minimum Gasteiger partial charge on any atom is -0.396 e. The van der Waals surface area contributed by atoms with E-state index in [4.69, 9.17) is 5.11 Å². The average molecular weight is 313 g/mol. The molecule has 0 aliphatic rings. The van der Waals surface area contributed by atoms with Crippen molar-refractivity contribution < 1.29 is 18.3 Å². The first kappa shape index (κ1) is 17.7. The maximum Gasteiger partial charge on any atom is 0.252 e. The van der Waals surface area contributed by atoms with Crippen molar-refractivity contribution in [3.63, 3.8) is 0 Å². The summed E-state index contributed by atoms with van der Waals surface area (Å²) in [5.41, 5.74) is 0.179. The van der Waals surface area contributed by atoms with Gasteiger partial charge in [0.1, 0.15) is 0 Å². The number of hydrogen-bond donors (Lipinski definition) is 2. The highest BCUT2D eigenvalue weighted by Gasteiger charge is 2.20. The lowest BCUT2D eigenvalue weighted by Gasteiger charge is -2.15. The fourth-order valence-corrected chi connectivity index (χ4v) is 3.14. The van der Waals surface area contributed by atoms with Crippen LogP contribution < -0.4 is 5.32 Å². The van der Waals surface area contributed by atoms with Gasteiger partial charge in [-0.25, -0.2) is 8.42 Å². The van der Waals surface area contributed by atoms with Crippen LogP contribution in [0, 0.1) is 5.92 Å². The van der Waals surface area contributed by atoms with Crippen LogP contribution in [-0.2, 0) is 9.84 Å². The number of hydrogen-bond acceptors (Lipinski definition) is 4. The van der Waals surface area contributed by atoms with Gasteiger partial charge in [0.25, 0.3) is 5.91 Å². The van der Waals surface area contributed by atoms with E-state index in [-0.39, 0.29) is 34.6 Å². The Hall–Kier alpha value is -1.40. The number of aliphatic hydroxyl groups excluding tert-OH is 1. The molecular formula is C15H23NO4S. The Morgan fingerprint density at radius 2 is 1.95 bits per heavy atom. The van der Waals surface area contributed by atoms with E-state index in [2.05, 4.69) is 5.32 Å². The highest BCUT2D eigenvalue weighted by atomic mass is 32.2. The molecule has 6 heteroatoms. The lowest BCUT2D eigenvalue weighted by atomic mass is 10.0. The van der Waals surface area contributed by atoms with E-state index in [1.54, 1.807) is 19.1 Å². The van der Waals surface area contributed by atoms with Gasteiger partial charge in [-0.15, -0.1) is 0 Å². The highest BCUT2D eigenvalue weighted by molar-refractivity contribution is 7.91. The highest BCUT2D eigenvalue weighted by Crippen LogP contribution is 2.17. The van der Waals surface area contributed by atoms with Crippen LogP contribution >= 0.6 is 0 Å². The molecule has 0 fully saturated rings. The normalized spacial score (nSPS) is 12.9. The zero-order chi connectivity index (χ0) is 15.9. The van der Waals surface area contributed by atoms with Gasteiger partial charge in [0.2, 0.25) is 0 Å². The minimum atomic E-state index is -3.43. The van der Waals surface area contributed by atoms with Crippen LogP contribution in [0.4, 0.5) is 0 Å². The van der Waals surface area contributed by atoms with Gasteiger partial charge in [-0.2, -0.15) is 0 Å². The minimum absolute atomic E-state index is 0.0423. The van der Waals surface area contributed by atoms with Gasteiger partial charge in [-0.3, -0.25) is 4.79 Å². The lowest BCUT2D eigenvalue weighted by Crippen LogP contribution is -2.30. The summed E-state index contributed by atoms with van der Waals surface area (Å²) in [5.74, 6) is -0.243. The Bertz CT molecular complexity index is 569. The van der Waals surface area contributed by atoms with E-state index in [0.29, 0.717) is 13.0 Å². The second kappa shape index (κ2) is 8.14. The second-order valence-electron chi connectivity index (χ2n) is 4.90. The monoisotopic (exact) mass is 313 g/mol. The SMILES string of the molecule is CCC(CCO)CNC(=O)c1ccccc1S(=O)(=O)CC. The number of rotatable bonds is 8. The van der Waals surface area contributed by atoms with Crippen LogP contribution in [0.1, 0.15) is 37.0 Å². The molecule has 1 unspecified atom stereocenters. The molecule has 1 amide bonds. The summed E-state index contributed by atoms with van der Waals surface area (Å²) in [6, 6.07) is 6.23. The second-order valence-corrected chi connectivity index (χ2v) is 7.14. The molecule has 1 aromatic carbocycles. The molecule has 1 rings (SSSR count). The van der Waals surface area contributed by atoms with Crippen molar-refractivity contribution in [3.05, 3.63) is 29.8 Å². The molecule has 0 aliphatic heterocycles. The number of sulfone groups is 1. The van der Waals surface area contributed by atoms with E-state index in [1.807, 2.05) is 6.92 Å². The molecule has 0 radical (unpaired) electrons. The Morgan fingerprint density at radius 3 is 2.52 bits per heavy atom. The molecule has 1 aromatic rings. The molecule has 0 heterocycles. The van der Waals surface area contributed by atoms with Crippen molar-refractivity contribution in [2.75, 3.05) is 18.9 Å². The standard InChI is InChI=1S/C15H23NO4S/c1-3-12(9-10-17)11-16-15(18)13-7-5-6-8-14(13)21(19,20)4-2/h5-8,12,17H,3-4,9-11H2,1-2H3,(H,16,18). The summed E-state index contributed by atoms with van der Waals surface area (Å²) in [5, 5.41) is 11.7. The maximum absolute atomic E-state index is 12.2. The van der Waals surface area contributed by atoms with Crippen molar-refractivity contribution in [2.24, 2.45) is 5.92 Å². The van der Waals surface area contributed by atoms with Gasteiger partial charge in [0.05, 0.1) is 16.2 Å². The van der Waals surface area contributed by atoms with E-state index >= 15 is 0 Å². The van der Waals surface area contributed by atoms with E-state index in [0.717, 1.165) is 6.42 Å². The quantitative estimate of drug-likeness (QED) is 0.764. The number of carbonyl (C=O) groups excluding carboxylic acids is 1. The molecule has 0 spiro atoms. The van der Waals surface area contributed by atoms with Crippen LogP contribution in [0.15, 0.2) is 29.2 Å². The summed E-state index contributed by atoms with van der Waals surface area (Å²) in [7, 11) is -3.43. The van der Waals surface area contributed by atoms with Gasteiger partial charge in [0.15, 0.2) is 9.84 Å². The average Bonchev–Trinajstić information content (AvgIpc) is 2.51. The third-order valence-corrected chi connectivity index (χ3v) is 5.30. The summed E-state index contributed by atoms with van der Waals surface area (Å²) in [6.07, 6.45) is 1.46. The first-order valence-corrected chi connectivity index (χ1v) is 8.82. The molecular weight excluding hydrogens is 290 g/mol.